The van der Waals surface area contributed by atoms with Gasteiger partial charge in [-0.25, -0.2) is 0 Å². The van der Waals surface area contributed by atoms with Crippen LogP contribution in [0.1, 0.15) is 19.0 Å². The van der Waals surface area contributed by atoms with E-state index in [1.807, 2.05) is 6.92 Å². The molecule has 0 spiro atoms. The Bertz CT molecular complexity index is 261. The summed E-state index contributed by atoms with van der Waals surface area (Å²) in [4.78, 5) is 3.94. The van der Waals surface area contributed by atoms with Crippen LogP contribution in [0.5, 0.6) is 5.75 Å². The zero-order chi connectivity index (χ0) is 10.4. The highest BCUT2D eigenvalue weighted by Gasteiger charge is 2.01. The minimum Gasteiger partial charge on any atom is -0.489 e. The van der Waals surface area contributed by atoms with Crippen molar-refractivity contribution in [3.05, 3.63) is 24.0 Å². The number of aliphatic hydroxyl groups is 2. The van der Waals surface area contributed by atoms with Crippen molar-refractivity contribution >= 4 is 0 Å². The first-order valence-electron chi connectivity index (χ1n) is 4.63. The summed E-state index contributed by atoms with van der Waals surface area (Å²) in [5.41, 5.74) is 0.605. The molecule has 0 saturated heterocycles. The first kappa shape index (κ1) is 10.9. The number of pyridine rings is 1. The van der Waals surface area contributed by atoms with Crippen LogP contribution in [0, 0.1) is 0 Å². The molecule has 1 heterocycles. The van der Waals surface area contributed by atoms with Gasteiger partial charge in [0.1, 0.15) is 12.4 Å². The van der Waals surface area contributed by atoms with Crippen molar-refractivity contribution in [1.29, 1.82) is 0 Å². The van der Waals surface area contributed by atoms with Crippen LogP contribution in [0.3, 0.4) is 0 Å². The smallest absolute Gasteiger partial charge is 0.137 e. The second-order valence-electron chi connectivity index (χ2n) is 3.02. The molecular weight excluding hydrogens is 182 g/mol. The molecule has 1 unspecified atom stereocenters. The van der Waals surface area contributed by atoms with Crippen molar-refractivity contribution in [3.8, 4) is 5.75 Å². The number of rotatable bonds is 5. The van der Waals surface area contributed by atoms with E-state index in [0.717, 1.165) is 0 Å². The van der Waals surface area contributed by atoms with E-state index in [-0.39, 0.29) is 13.2 Å². The first-order valence-corrected chi connectivity index (χ1v) is 4.63. The molecule has 0 radical (unpaired) electrons. The van der Waals surface area contributed by atoms with Crippen molar-refractivity contribution in [2.75, 3.05) is 6.61 Å². The van der Waals surface area contributed by atoms with E-state index in [1.54, 1.807) is 12.1 Å². The average molecular weight is 197 g/mol. The third-order valence-electron chi connectivity index (χ3n) is 1.87. The Morgan fingerprint density at radius 3 is 2.79 bits per heavy atom. The Kier molecular flexibility index (Phi) is 4.35. The average Bonchev–Trinajstić information content (AvgIpc) is 2.26. The summed E-state index contributed by atoms with van der Waals surface area (Å²) in [7, 11) is 0. The molecule has 0 aliphatic heterocycles. The number of aromatic nitrogens is 1. The minimum absolute atomic E-state index is 0.0716. The third-order valence-corrected chi connectivity index (χ3v) is 1.87. The molecule has 4 nitrogen and oxygen atoms in total. The maximum Gasteiger partial charge on any atom is 0.137 e. The van der Waals surface area contributed by atoms with Gasteiger partial charge < -0.3 is 14.9 Å². The van der Waals surface area contributed by atoms with Crippen molar-refractivity contribution in [1.82, 2.24) is 4.98 Å². The normalized spacial score (nSPS) is 12.5. The molecule has 14 heavy (non-hydrogen) atoms. The van der Waals surface area contributed by atoms with Gasteiger partial charge in [-0.1, -0.05) is 6.92 Å². The quantitative estimate of drug-likeness (QED) is 0.730. The van der Waals surface area contributed by atoms with Crippen LogP contribution in [-0.2, 0) is 6.61 Å². The SMILES string of the molecule is CCC(O)COc1ccc(CO)nc1. The van der Waals surface area contributed by atoms with Gasteiger partial charge in [0.2, 0.25) is 0 Å². The summed E-state index contributed by atoms with van der Waals surface area (Å²) in [5.74, 6) is 0.606. The van der Waals surface area contributed by atoms with Crippen LogP contribution in [0.25, 0.3) is 0 Å². The second kappa shape index (κ2) is 5.57. The number of hydrogen-bond donors (Lipinski definition) is 2. The fourth-order valence-electron chi connectivity index (χ4n) is 0.900. The molecule has 0 fully saturated rings. The Morgan fingerprint density at radius 1 is 1.50 bits per heavy atom. The lowest BCUT2D eigenvalue weighted by Crippen LogP contribution is -2.16. The van der Waals surface area contributed by atoms with Crippen molar-refractivity contribution in [3.63, 3.8) is 0 Å². The first-order chi connectivity index (χ1) is 6.76. The van der Waals surface area contributed by atoms with E-state index in [2.05, 4.69) is 4.98 Å². The molecule has 0 amide bonds. The number of ether oxygens (including phenoxy) is 1. The predicted octanol–water partition coefficient (Wildman–Crippen LogP) is 0.724. The molecule has 0 bridgehead atoms. The van der Waals surface area contributed by atoms with Crippen LogP contribution < -0.4 is 4.74 Å². The molecule has 0 aliphatic rings. The fourth-order valence-corrected chi connectivity index (χ4v) is 0.900. The summed E-state index contributed by atoms with van der Waals surface area (Å²) >= 11 is 0. The van der Waals surface area contributed by atoms with Gasteiger partial charge >= 0.3 is 0 Å². The predicted molar refractivity (Wildman–Crippen MR) is 52.0 cm³/mol. The summed E-state index contributed by atoms with van der Waals surface area (Å²) in [6.45, 7) is 2.09. The van der Waals surface area contributed by atoms with Gasteiger partial charge in [-0.3, -0.25) is 4.98 Å². The lowest BCUT2D eigenvalue weighted by atomic mass is 10.3. The van der Waals surface area contributed by atoms with Crippen LogP contribution >= 0.6 is 0 Å². The molecule has 0 aliphatic carbocycles. The summed E-state index contributed by atoms with van der Waals surface area (Å²) in [6.07, 6.45) is 1.77. The Morgan fingerprint density at radius 2 is 2.29 bits per heavy atom. The largest absolute Gasteiger partial charge is 0.489 e. The zero-order valence-electron chi connectivity index (χ0n) is 8.18. The molecule has 0 saturated carbocycles. The van der Waals surface area contributed by atoms with Crippen LogP contribution in [0.15, 0.2) is 18.3 Å². The van der Waals surface area contributed by atoms with E-state index in [4.69, 9.17) is 9.84 Å². The molecule has 1 aromatic rings. The topological polar surface area (TPSA) is 62.6 Å². The van der Waals surface area contributed by atoms with E-state index in [1.165, 1.54) is 6.20 Å². The van der Waals surface area contributed by atoms with Crippen LogP contribution in [0.4, 0.5) is 0 Å². The van der Waals surface area contributed by atoms with Gasteiger partial charge in [-0.15, -0.1) is 0 Å². The van der Waals surface area contributed by atoms with E-state index < -0.39 is 6.10 Å². The zero-order valence-corrected chi connectivity index (χ0v) is 8.18. The molecule has 78 valence electrons. The van der Waals surface area contributed by atoms with Crippen LogP contribution in [-0.4, -0.2) is 27.9 Å². The van der Waals surface area contributed by atoms with E-state index in [0.29, 0.717) is 17.9 Å². The highest BCUT2D eigenvalue weighted by Crippen LogP contribution is 2.09. The third kappa shape index (κ3) is 3.32. The molecule has 1 aromatic heterocycles. The van der Waals surface area contributed by atoms with Gasteiger partial charge in [-0.05, 0) is 18.6 Å². The molecule has 2 N–H and O–H groups in total. The number of nitrogens with zero attached hydrogens (tertiary/aromatic N) is 1. The van der Waals surface area contributed by atoms with E-state index >= 15 is 0 Å². The van der Waals surface area contributed by atoms with Crippen molar-refractivity contribution in [2.45, 2.75) is 26.1 Å². The van der Waals surface area contributed by atoms with Crippen molar-refractivity contribution < 1.29 is 14.9 Å². The van der Waals surface area contributed by atoms with Gasteiger partial charge in [-0.2, -0.15) is 0 Å². The number of hydrogen-bond acceptors (Lipinski definition) is 4. The minimum atomic E-state index is -0.437. The maximum atomic E-state index is 9.23. The van der Waals surface area contributed by atoms with Crippen LogP contribution in [0.2, 0.25) is 0 Å². The summed E-state index contributed by atoms with van der Waals surface area (Å²) in [5, 5.41) is 18.0. The second-order valence-corrected chi connectivity index (χ2v) is 3.02. The van der Waals surface area contributed by atoms with E-state index in [9.17, 15) is 5.11 Å². The fraction of sp³-hybridized carbons (Fsp3) is 0.500. The highest BCUT2D eigenvalue weighted by molar-refractivity contribution is 5.19. The Labute approximate surface area is 83.2 Å². The van der Waals surface area contributed by atoms with Gasteiger partial charge in [0.15, 0.2) is 0 Å². The number of aliphatic hydroxyl groups excluding tert-OH is 2. The monoisotopic (exact) mass is 197 g/mol. The van der Waals surface area contributed by atoms with Gasteiger partial charge in [0.05, 0.1) is 24.6 Å². The molecule has 4 heteroatoms. The molecule has 1 atom stereocenters. The summed E-state index contributed by atoms with van der Waals surface area (Å²) < 4.78 is 5.26. The van der Waals surface area contributed by atoms with Gasteiger partial charge in [0.25, 0.3) is 0 Å². The molecule has 0 aromatic carbocycles. The molecule has 1 rings (SSSR count). The maximum absolute atomic E-state index is 9.23. The molecular formula is C10H15NO3. The Hall–Kier alpha value is -1.13. The standard InChI is InChI=1S/C10H15NO3/c1-2-9(13)7-14-10-4-3-8(6-12)11-5-10/h3-5,9,12-13H,2,6-7H2,1H3. The lowest BCUT2D eigenvalue weighted by Gasteiger charge is -2.09. The summed E-state index contributed by atoms with van der Waals surface area (Å²) in [6, 6.07) is 3.41. The Balaban J connectivity index is 2.43. The lowest BCUT2D eigenvalue weighted by molar-refractivity contribution is 0.104. The highest BCUT2D eigenvalue weighted by atomic mass is 16.5. The van der Waals surface area contributed by atoms with Gasteiger partial charge in [0, 0.05) is 0 Å². The van der Waals surface area contributed by atoms with Crippen molar-refractivity contribution in [2.24, 2.45) is 0 Å².